The number of rotatable bonds is 4. The maximum Gasteiger partial charge on any atom is 0.162 e. The highest BCUT2D eigenvalue weighted by atomic mass is 16.5. The molecule has 114 valence electrons. The molecule has 0 radical (unpaired) electrons. The first-order valence-electron chi connectivity index (χ1n) is 7.35. The lowest BCUT2D eigenvalue weighted by Gasteiger charge is -2.14. The molecule has 0 aliphatic carbocycles. The molecule has 22 heavy (non-hydrogen) atoms. The fourth-order valence-electron chi connectivity index (χ4n) is 2.44. The van der Waals surface area contributed by atoms with Gasteiger partial charge in [0.1, 0.15) is 5.82 Å². The Morgan fingerprint density at radius 1 is 1.05 bits per heavy atom. The van der Waals surface area contributed by atoms with E-state index in [-0.39, 0.29) is 6.10 Å². The highest BCUT2D eigenvalue weighted by Gasteiger charge is 2.15. The number of imidazole rings is 1. The van der Waals surface area contributed by atoms with Crippen molar-refractivity contribution >= 4 is 11.0 Å². The molecule has 3 aromatic rings. The quantitative estimate of drug-likeness (QED) is 0.779. The number of hydrogen-bond donors (Lipinski definition) is 1. The molecule has 4 heteroatoms. The molecule has 0 amide bonds. The molecule has 0 bridgehead atoms. The van der Waals surface area contributed by atoms with E-state index in [9.17, 15) is 0 Å². The zero-order valence-electron chi connectivity index (χ0n) is 13.3. The van der Waals surface area contributed by atoms with Crippen LogP contribution in [0.3, 0.4) is 0 Å². The second kappa shape index (κ2) is 5.72. The molecule has 1 atom stereocenters. The Labute approximate surface area is 130 Å². The maximum atomic E-state index is 5.99. The monoisotopic (exact) mass is 296 g/mol. The molecule has 1 N–H and O–H groups in total. The zero-order chi connectivity index (χ0) is 15.7. The van der Waals surface area contributed by atoms with Gasteiger partial charge in [-0.2, -0.15) is 0 Å². The van der Waals surface area contributed by atoms with Crippen LogP contribution in [0.25, 0.3) is 11.0 Å². The van der Waals surface area contributed by atoms with Gasteiger partial charge in [0.15, 0.2) is 17.6 Å². The number of nitrogens with zero attached hydrogens (tertiary/aromatic N) is 1. The lowest BCUT2D eigenvalue weighted by atomic mass is 10.1. The summed E-state index contributed by atoms with van der Waals surface area (Å²) in [5.41, 5.74) is 4.49. The second-order valence-corrected chi connectivity index (χ2v) is 5.49. The summed E-state index contributed by atoms with van der Waals surface area (Å²) >= 11 is 0. The van der Waals surface area contributed by atoms with Crippen molar-refractivity contribution in [2.75, 3.05) is 7.11 Å². The zero-order valence-corrected chi connectivity index (χ0v) is 13.3. The van der Waals surface area contributed by atoms with E-state index in [4.69, 9.17) is 9.47 Å². The van der Waals surface area contributed by atoms with Gasteiger partial charge in [-0.3, -0.25) is 0 Å². The average Bonchev–Trinajstić information content (AvgIpc) is 2.91. The number of nitrogens with one attached hydrogen (secondary N) is 1. The third-order valence-corrected chi connectivity index (χ3v) is 3.87. The number of fused-ring (bicyclic) bond motifs is 1. The Kier molecular flexibility index (Phi) is 3.75. The minimum Gasteiger partial charge on any atom is -0.493 e. The summed E-state index contributed by atoms with van der Waals surface area (Å²) in [7, 11) is 1.64. The van der Waals surface area contributed by atoms with Crippen molar-refractivity contribution in [1.82, 2.24) is 9.97 Å². The lowest BCUT2D eigenvalue weighted by molar-refractivity contribution is 0.208. The molecule has 1 aromatic heterocycles. The Balaban J connectivity index is 1.90. The van der Waals surface area contributed by atoms with Gasteiger partial charge in [-0.25, -0.2) is 4.98 Å². The van der Waals surface area contributed by atoms with Crippen LogP contribution in [0.15, 0.2) is 36.4 Å². The molecule has 0 spiro atoms. The van der Waals surface area contributed by atoms with Crippen LogP contribution in [0.1, 0.15) is 30.0 Å². The van der Waals surface area contributed by atoms with Gasteiger partial charge in [0.25, 0.3) is 0 Å². The summed E-state index contributed by atoms with van der Waals surface area (Å²) in [4.78, 5) is 7.99. The molecule has 3 rings (SSSR count). The SMILES string of the molecule is COc1ccccc1OC(C)c1nc2cc(C)c(C)cc2[nH]1. The third kappa shape index (κ3) is 2.64. The Morgan fingerprint density at radius 3 is 2.45 bits per heavy atom. The largest absolute Gasteiger partial charge is 0.493 e. The van der Waals surface area contributed by atoms with Crippen molar-refractivity contribution in [1.29, 1.82) is 0 Å². The first kappa shape index (κ1) is 14.4. The van der Waals surface area contributed by atoms with E-state index in [0.717, 1.165) is 22.6 Å². The fraction of sp³-hybridized carbons (Fsp3) is 0.278. The number of benzene rings is 2. The van der Waals surface area contributed by atoms with Gasteiger partial charge in [-0.15, -0.1) is 0 Å². The van der Waals surface area contributed by atoms with Crippen molar-refractivity contribution < 1.29 is 9.47 Å². The van der Waals surface area contributed by atoms with E-state index >= 15 is 0 Å². The normalized spacial score (nSPS) is 12.4. The van der Waals surface area contributed by atoms with Crippen molar-refractivity contribution in [3.63, 3.8) is 0 Å². The fourth-order valence-corrected chi connectivity index (χ4v) is 2.44. The predicted octanol–water partition coefficient (Wildman–Crippen LogP) is 4.33. The van der Waals surface area contributed by atoms with Crippen LogP contribution < -0.4 is 9.47 Å². The second-order valence-electron chi connectivity index (χ2n) is 5.49. The lowest BCUT2D eigenvalue weighted by Crippen LogP contribution is -2.05. The molecule has 2 aromatic carbocycles. The van der Waals surface area contributed by atoms with Crippen LogP contribution in [0.5, 0.6) is 11.5 Å². The molecular formula is C18H20N2O2. The molecule has 0 aliphatic heterocycles. The van der Waals surface area contributed by atoms with Gasteiger partial charge in [0.2, 0.25) is 0 Å². The van der Waals surface area contributed by atoms with E-state index in [1.165, 1.54) is 11.1 Å². The van der Waals surface area contributed by atoms with Crippen LogP contribution in [-0.2, 0) is 0 Å². The standard InChI is InChI=1S/C18H20N2O2/c1-11-9-14-15(10-12(11)2)20-18(19-14)13(3)22-17-8-6-5-7-16(17)21-4/h5-10,13H,1-4H3,(H,19,20). The number of H-pyrrole nitrogens is 1. The number of ether oxygens (including phenoxy) is 2. The van der Waals surface area contributed by atoms with Gasteiger partial charge in [-0.1, -0.05) is 12.1 Å². The van der Waals surface area contributed by atoms with Crippen molar-refractivity contribution in [2.45, 2.75) is 26.9 Å². The first-order chi connectivity index (χ1) is 10.6. The molecular weight excluding hydrogens is 276 g/mol. The first-order valence-corrected chi connectivity index (χ1v) is 7.35. The number of para-hydroxylation sites is 2. The van der Waals surface area contributed by atoms with Gasteiger partial charge in [0, 0.05) is 0 Å². The Morgan fingerprint density at radius 2 is 1.73 bits per heavy atom. The molecule has 0 saturated heterocycles. The van der Waals surface area contributed by atoms with Gasteiger partial charge < -0.3 is 14.5 Å². The molecule has 4 nitrogen and oxygen atoms in total. The summed E-state index contributed by atoms with van der Waals surface area (Å²) in [6.07, 6.45) is -0.190. The summed E-state index contributed by atoms with van der Waals surface area (Å²) in [5, 5.41) is 0. The number of hydrogen-bond acceptors (Lipinski definition) is 3. The third-order valence-electron chi connectivity index (χ3n) is 3.87. The summed E-state index contributed by atoms with van der Waals surface area (Å²) in [5.74, 6) is 2.24. The van der Waals surface area contributed by atoms with Crippen molar-refractivity contribution in [3.8, 4) is 11.5 Å². The molecule has 0 aliphatic rings. The van der Waals surface area contributed by atoms with Gasteiger partial charge in [-0.05, 0) is 56.2 Å². The topological polar surface area (TPSA) is 47.1 Å². The van der Waals surface area contributed by atoms with Crippen LogP contribution in [-0.4, -0.2) is 17.1 Å². The molecule has 1 unspecified atom stereocenters. The maximum absolute atomic E-state index is 5.99. The summed E-state index contributed by atoms with van der Waals surface area (Å²) < 4.78 is 11.3. The van der Waals surface area contributed by atoms with E-state index in [1.54, 1.807) is 7.11 Å². The van der Waals surface area contributed by atoms with Crippen molar-refractivity contribution in [2.24, 2.45) is 0 Å². The summed E-state index contributed by atoms with van der Waals surface area (Å²) in [6, 6.07) is 11.8. The smallest absolute Gasteiger partial charge is 0.162 e. The number of aromatic nitrogens is 2. The predicted molar refractivity (Wildman–Crippen MR) is 87.6 cm³/mol. The Bertz CT molecular complexity index is 769. The number of aromatic amines is 1. The van der Waals surface area contributed by atoms with Gasteiger partial charge >= 0.3 is 0 Å². The minimum atomic E-state index is -0.190. The van der Waals surface area contributed by atoms with E-state index in [1.807, 2.05) is 31.2 Å². The van der Waals surface area contributed by atoms with Gasteiger partial charge in [0.05, 0.1) is 18.1 Å². The number of aryl methyl sites for hydroxylation is 2. The average molecular weight is 296 g/mol. The highest BCUT2D eigenvalue weighted by molar-refractivity contribution is 5.77. The molecule has 0 fully saturated rings. The molecule has 1 heterocycles. The van der Waals surface area contributed by atoms with Crippen LogP contribution in [0.4, 0.5) is 0 Å². The van der Waals surface area contributed by atoms with E-state index in [2.05, 4.69) is 35.9 Å². The van der Waals surface area contributed by atoms with Crippen LogP contribution in [0, 0.1) is 13.8 Å². The van der Waals surface area contributed by atoms with E-state index in [0.29, 0.717) is 5.75 Å². The number of methoxy groups -OCH3 is 1. The van der Waals surface area contributed by atoms with Crippen LogP contribution >= 0.6 is 0 Å². The van der Waals surface area contributed by atoms with E-state index < -0.39 is 0 Å². The Hall–Kier alpha value is -2.49. The van der Waals surface area contributed by atoms with Crippen molar-refractivity contribution in [3.05, 3.63) is 53.3 Å². The summed E-state index contributed by atoms with van der Waals surface area (Å²) in [6.45, 7) is 6.17. The minimum absolute atomic E-state index is 0.190. The highest BCUT2D eigenvalue weighted by Crippen LogP contribution is 2.30. The molecule has 0 saturated carbocycles. The van der Waals surface area contributed by atoms with Crippen LogP contribution in [0.2, 0.25) is 0 Å².